The molecule has 0 amide bonds. The van der Waals surface area contributed by atoms with Gasteiger partial charge in [0.1, 0.15) is 0 Å². The van der Waals surface area contributed by atoms with E-state index in [1.165, 1.54) is 104 Å². The molecule has 2 saturated carbocycles. The second-order valence-electron chi connectivity index (χ2n) is 16.6. The Labute approximate surface area is 297 Å². The van der Waals surface area contributed by atoms with Gasteiger partial charge >= 0.3 is 0 Å². The fourth-order valence-corrected chi connectivity index (χ4v) is 10.6. The highest BCUT2D eigenvalue weighted by Gasteiger charge is 2.40. The van der Waals surface area contributed by atoms with Crippen LogP contribution >= 0.6 is 0 Å². The molecule has 50 heavy (non-hydrogen) atoms. The molecule has 246 valence electrons. The van der Waals surface area contributed by atoms with Gasteiger partial charge in [-0.05, 0) is 123 Å². The summed E-state index contributed by atoms with van der Waals surface area (Å²) < 4.78 is 0. The van der Waals surface area contributed by atoms with Gasteiger partial charge in [-0.25, -0.2) is 0 Å². The third-order valence-corrected chi connectivity index (χ3v) is 13.2. The largest absolute Gasteiger partial charge is 0.310 e. The van der Waals surface area contributed by atoms with Crippen LogP contribution in [0.1, 0.15) is 87.1 Å². The second kappa shape index (κ2) is 10.8. The number of benzene rings is 6. The number of anilines is 3. The fraction of sp³-hybridized carbons (Fsp3) is 0.265. The first kappa shape index (κ1) is 30.0. The highest BCUT2D eigenvalue weighted by molar-refractivity contribution is 5.92. The third kappa shape index (κ3) is 4.32. The summed E-state index contributed by atoms with van der Waals surface area (Å²) in [6, 6.07) is 51.0. The molecular formula is C49H45N. The van der Waals surface area contributed by atoms with Crippen molar-refractivity contribution in [3.05, 3.63) is 161 Å². The van der Waals surface area contributed by atoms with Crippen molar-refractivity contribution >= 4 is 17.1 Å². The summed E-state index contributed by atoms with van der Waals surface area (Å²) in [7, 11) is 0. The van der Waals surface area contributed by atoms with E-state index in [1.807, 2.05) is 0 Å². The lowest BCUT2D eigenvalue weighted by Gasteiger charge is -2.31. The Morgan fingerprint density at radius 2 is 1.00 bits per heavy atom. The molecule has 4 aliphatic rings. The maximum absolute atomic E-state index is 2.53. The summed E-state index contributed by atoms with van der Waals surface area (Å²) in [6.07, 6.45) is 5.68. The van der Waals surface area contributed by atoms with Gasteiger partial charge in [-0.1, -0.05) is 137 Å². The summed E-state index contributed by atoms with van der Waals surface area (Å²) >= 11 is 0. The molecule has 3 atom stereocenters. The van der Waals surface area contributed by atoms with Gasteiger partial charge in [0, 0.05) is 27.8 Å². The molecule has 4 aliphatic carbocycles. The van der Waals surface area contributed by atoms with E-state index < -0.39 is 0 Å². The Kier molecular flexibility index (Phi) is 6.48. The number of fused-ring (bicyclic) bond motifs is 8. The van der Waals surface area contributed by atoms with Crippen molar-refractivity contribution in [3.63, 3.8) is 0 Å². The Morgan fingerprint density at radius 3 is 1.54 bits per heavy atom. The minimum absolute atomic E-state index is 0.0792. The number of rotatable bonds is 5. The van der Waals surface area contributed by atoms with Gasteiger partial charge in [-0.15, -0.1) is 0 Å². The van der Waals surface area contributed by atoms with Crippen LogP contribution in [0.25, 0.3) is 33.4 Å². The lowest BCUT2D eigenvalue weighted by molar-refractivity contribution is 0.420. The average Bonchev–Trinajstić information content (AvgIpc) is 3.89. The van der Waals surface area contributed by atoms with Crippen LogP contribution in [0.3, 0.4) is 0 Å². The molecule has 0 radical (unpaired) electrons. The molecule has 0 saturated heterocycles. The van der Waals surface area contributed by atoms with Crippen molar-refractivity contribution in [3.8, 4) is 33.4 Å². The summed E-state index contributed by atoms with van der Waals surface area (Å²) in [6.45, 7) is 9.53. The Bertz CT molecular complexity index is 2200. The van der Waals surface area contributed by atoms with E-state index in [1.54, 1.807) is 0 Å². The van der Waals surface area contributed by atoms with E-state index in [9.17, 15) is 0 Å². The van der Waals surface area contributed by atoms with Crippen LogP contribution in [-0.2, 0) is 10.8 Å². The van der Waals surface area contributed by atoms with Crippen molar-refractivity contribution in [1.29, 1.82) is 0 Å². The van der Waals surface area contributed by atoms with E-state index in [2.05, 4.69) is 166 Å². The van der Waals surface area contributed by atoms with Crippen LogP contribution in [0.2, 0.25) is 0 Å². The molecule has 0 aliphatic heterocycles. The quantitative estimate of drug-likeness (QED) is 0.180. The summed E-state index contributed by atoms with van der Waals surface area (Å²) in [5.41, 5.74) is 18.5. The minimum atomic E-state index is -0.0792. The summed E-state index contributed by atoms with van der Waals surface area (Å²) in [5, 5.41) is 0. The van der Waals surface area contributed by atoms with Crippen LogP contribution in [0, 0.1) is 11.8 Å². The Morgan fingerprint density at radius 1 is 0.480 bits per heavy atom. The van der Waals surface area contributed by atoms with Crippen molar-refractivity contribution in [2.24, 2.45) is 11.8 Å². The zero-order valence-corrected chi connectivity index (χ0v) is 29.7. The van der Waals surface area contributed by atoms with Gasteiger partial charge in [0.25, 0.3) is 0 Å². The average molecular weight is 648 g/mol. The summed E-state index contributed by atoms with van der Waals surface area (Å²) in [4.78, 5) is 2.53. The lowest BCUT2D eigenvalue weighted by Crippen LogP contribution is -2.18. The SMILES string of the molecule is CC1(C)c2ccccc2-c2ccc(N(c3ccc4c(c3)C(C)(C)c3ccccc3-4)c3ccccc3-c3ccc(C4CC5CCC4C5)cc3)cc21. The van der Waals surface area contributed by atoms with Crippen molar-refractivity contribution in [2.45, 2.75) is 70.1 Å². The van der Waals surface area contributed by atoms with Gasteiger partial charge in [-0.2, -0.15) is 0 Å². The van der Waals surface area contributed by atoms with Gasteiger partial charge in [0.2, 0.25) is 0 Å². The molecule has 0 aromatic heterocycles. The molecule has 6 aromatic rings. The molecule has 2 bridgehead atoms. The molecule has 1 heteroatoms. The van der Waals surface area contributed by atoms with Crippen molar-refractivity contribution in [1.82, 2.24) is 0 Å². The standard InChI is InChI=1S/C49H45N/c1-48(2)43-14-8-5-12-38(43)40-25-23-35(29-45(40)48)50(36-24-26-41-39-13-6-9-15-44(39)49(3,4)46(41)30-36)47-16-10-7-11-37(47)32-19-21-33(22-20-32)42-28-31-17-18-34(42)27-31/h5-16,19-26,29-31,34,42H,17-18,27-28H2,1-4H3. The number of para-hydroxylation sites is 1. The van der Waals surface area contributed by atoms with Crippen LogP contribution in [0.5, 0.6) is 0 Å². The molecule has 0 heterocycles. The van der Waals surface area contributed by atoms with Crippen molar-refractivity contribution in [2.75, 3.05) is 4.90 Å². The first-order valence-electron chi connectivity index (χ1n) is 18.8. The first-order valence-corrected chi connectivity index (χ1v) is 18.8. The second-order valence-corrected chi connectivity index (χ2v) is 16.6. The summed E-state index contributed by atoms with van der Waals surface area (Å²) in [5.74, 6) is 2.58. The molecule has 0 N–H and O–H groups in total. The Balaban J connectivity index is 1.13. The highest BCUT2D eigenvalue weighted by Crippen LogP contribution is 2.55. The van der Waals surface area contributed by atoms with Crippen LogP contribution in [0.15, 0.2) is 133 Å². The minimum Gasteiger partial charge on any atom is -0.310 e. The topological polar surface area (TPSA) is 3.24 Å². The number of nitrogens with zero attached hydrogens (tertiary/aromatic N) is 1. The molecule has 3 unspecified atom stereocenters. The Hall–Kier alpha value is -4.88. The molecule has 2 fully saturated rings. The fourth-order valence-electron chi connectivity index (χ4n) is 10.6. The van der Waals surface area contributed by atoms with Gasteiger partial charge < -0.3 is 4.90 Å². The monoisotopic (exact) mass is 647 g/mol. The van der Waals surface area contributed by atoms with Gasteiger partial charge in [0.05, 0.1) is 5.69 Å². The predicted molar refractivity (Wildman–Crippen MR) is 210 cm³/mol. The molecule has 0 spiro atoms. The highest BCUT2D eigenvalue weighted by atomic mass is 15.1. The maximum atomic E-state index is 2.53. The van der Waals surface area contributed by atoms with Crippen LogP contribution < -0.4 is 4.90 Å². The number of hydrogen-bond acceptors (Lipinski definition) is 1. The van der Waals surface area contributed by atoms with E-state index in [-0.39, 0.29) is 10.8 Å². The third-order valence-electron chi connectivity index (χ3n) is 13.2. The maximum Gasteiger partial charge on any atom is 0.0540 e. The smallest absolute Gasteiger partial charge is 0.0540 e. The number of hydrogen-bond donors (Lipinski definition) is 0. The lowest BCUT2D eigenvalue weighted by atomic mass is 9.82. The van der Waals surface area contributed by atoms with E-state index in [0.717, 1.165) is 17.8 Å². The van der Waals surface area contributed by atoms with E-state index >= 15 is 0 Å². The van der Waals surface area contributed by atoms with Gasteiger partial charge in [0.15, 0.2) is 0 Å². The van der Waals surface area contributed by atoms with E-state index in [0.29, 0.717) is 0 Å². The first-order chi connectivity index (χ1) is 24.3. The van der Waals surface area contributed by atoms with Crippen molar-refractivity contribution < 1.29 is 0 Å². The predicted octanol–water partition coefficient (Wildman–Crippen LogP) is 13.3. The van der Waals surface area contributed by atoms with Gasteiger partial charge in [-0.3, -0.25) is 0 Å². The van der Waals surface area contributed by atoms with E-state index in [4.69, 9.17) is 0 Å². The molecular weight excluding hydrogens is 603 g/mol. The molecule has 1 nitrogen and oxygen atoms in total. The zero-order chi connectivity index (χ0) is 33.8. The normalized spacial score (nSPS) is 21.4. The zero-order valence-electron chi connectivity index (χ0n) is 29.7. The molecule has 6 aromatic carbocycles. The van der Waals surface area contributed by atoms with Crippen LogP contribution in [-0.4, -0.2) is 0 Å². The van der Waals surface area contributed by atoms with Crippen LogP contribution in [0.4, 0.5) is 17.1 Å². The molecule has 10 rings (SSSR count).